The maximum Gasteiger partial charge on any atom is 0.460 e. The van der Waals surface area contributed by atoms with Crippen molar-refractivity contribution in [3.63, 3.8) is 0 Å². The van der Waals surface area contributed by atoms with Gasteiger partial charge in [-0.05, 0) is 30.7 Å². The first-order chi connectivity index (χ1) is 15.8. The molecule has 0 aliphatic carbocycles. The first-order valence-corrected chi connectivity index (χ1v) is 10.2. The van der Waals surface area contributed by atoms with Gasteiger partial charge in [-0.2, -0.15) is 35.8 Å². The second-order valence-corrected chi connectivity index (χ2v) is 7.87. The van der Waals surface area contributed by atoms with E-state index in [1.165, 1.54) is 35.7 Å². The lowest BCUT2D eigenvalue weighted by molar-refractivity contribution is -0.343. The van der Waals surface area contributed by atoms with Crippen LogP contribution in [0.3, 0.4) is 0 Å². The molecule has 3 rings (SSSR count). The Balaban J connectivity index is 1.68. The van der Waals surface area contributed by atoms with Crippen LogP contribution in [-0.4, -0.2) is 35.5 Å². The summed E-state index contributed by atoms with van der Waals surface area (Å²) in [6.45, 7) is 1.50. The van der Waals surface area contributed by atoms with Crippen molar-refractivity contribution in [3.05, 3.63) is 65.0 Å². The number of alkyl halides is 7. The van der Waals surface area contributed by atoms with Crippen molar-refractivity contribution in [3.8, 4) is 0 Å². The fraction of sp³-hybridized carbons (Fsp3) is 0.190. The Hall–Kier alpha value is -3.48. The number of thiophene rings is 1. The molecular formula is C21H14F7N3O2S. The van der Waals surface area contributed by atoms with E-state index >= 15 is 0 Å². The van der Waals surface area contributed by atoms with Gasteiger partial charge in [0.25, 0.3) is 5.91 Å². The molecule has 3 aromatic rings. The van der Waals surface area contributed by atoms with Gasteiger partial charge in [-0.15, -0.1) is 11.3 Å². The molecule has 2 N–H and O–H groups in total. The van der Waals surface area contributed by atoms with E-state index in [2.05, 4.69) is 10.5 Å². The summed E-state index contributed by atoms with van der Waals surface area (Å²) in [6, 6.07) is 11.7. The van der Waals surface area contributed by atoms with Crippen LogP contribution in [0, 0.1) is 0 Å². The molecule has 0 aliphatic heterocycles. The SMILES string of the molecule is C/C(=N/NC(=O)c1csc2ccccc12)c1ccc(NC(=O)C(F)(F)C(F)(F)C(F)(F)F)cc1. The predicted molar refractivity (Wildman–Crippen MR) is 113 cm³/mol. The van der Waals surface area contributed by atoms with Crippen molar-refractivity contribution < 1.29 is 40.3 Å². The second kappa shape index (κ2) is 9.05. The Kier molecular flexibility index (Phi) is 6.69. The smallest absolute Gasteiger partial charge is 0.321 e. The molecule has 0 radical (unpaired) electrons. The quantitative estimate of drug-likeness (QED) is 0.252. The van der Waals surface area contributed by atoms with Crippen LogP contribution in [0.5, 0.6) is 0 Å². The van der Waals surface area contributed by atoms with E-state index in [0.717, 1.165) is 22.2 Å². The van der Waals surface area contributed by atoms with E-state index in [1.807, 2.05) is 12.1 Å². The Bertz CT molecular complexity index is 1250. The van der Waals surface area contributed by atoms with Gasteiger partial charge in [0.2, 0.25) is 0 Å². The predicted octanol–water partition coefficient (Wildman–Crippen LogP) is 5.83. The van der Waals surface area contributed by atoms with E-state index in [0.29, 0.717) is 11.1 Å². The van der Waals surface area contributed by atoms with E-state index in [-0.39, 0.29) is 5.71 Å². The number of carbonyl (C=O) groups is 2. The van der Waals surface area contributed by atoms with Crippen LogP contribution in [0.4, 0.5) is 36.4 Å². The van der Waals surface area contributed by atoms with Crippen molar-refractivity contribution >= 4 is 44.6 Å². The van der Waals surface area contributed by atoms with Gasteiger partial charge >= 0.3 is 23.9 Å². The average molecular weight is 505 g/mol. The van der Waals surface area contributed by atoms with Crippen molar-refractivity contribution in [2.45, 2.75) is 24.9 Å². The van der Waals surface area contributed by atoms with Gasteiger partial charge in [0, 0.05) is 21.2 Å². The summed E-state index contributed by atoms with van der Waals surface area (Å²) in [7, 11) is 0. The first-order valence-electron chi connectivity index (χ1n) is 9.31. The molecule has 1 aromatic heterocycles. The van der Waals surface area contributed by atoms with Crippen LogP contribution in [0.25, 0.3) is 10.1 Å². The summed E-state index contributed by atoms with van der Waals surface area (Å²) in [5.74, 6) is -15.9. The maximum absolute atomic E-state index is 13.4. The van der Waals surface area contributed by atoms with Gasteiger partial charge < -0.3 is 5.32 Å². The zero-order valence-electron chi connectivity index (χ0n) is 17.0. The number of carbonyl (C=O) groups excluding carboxylic acids is 2. The number of nitrogens with one attached hydrogen (secondary N) is 2. The molecule has 13 heteroatoms. The summed E-state index contributed by atoms with van der Waals surface area (Å²) < 4.78 is 90.4. The van der Waals surface area contributed by atoms with Crippen molar-refractivity contribution in [1.82, 2.24) is 5.43 Å². The van der Waals surface area contributed by atoms with E-state index < -0.39 is 35.5 Å². The van der Waals surface area contributed by atoms with Crippen LogP contribution in [0.1, 0.15) is 22.8 Å². The number of rotatable bonds is 6. The molecule has 0 fully saturated rings. The molecule has 0 saturated carbocycles. The van der Waals surface area contributed by atoms with E-state index in [1.54, 1.807) is 17.5 Å². The Morgan fingerprint density at radius 3 is 2.15 bits per heavy atom. The molecule has 0 unspecified atom stereocenters. The third-order valence-corrected chi connectivity index (χ3v) is 5.61. The van der Waals surface area contributed by atoms with E-state index in [4.69, 9.17) is 0 Å². The van der Waals surface area contributed by atoms with Gasteiger partial charge in [-0.1, -0.05) is 30.3 Å². The molecule has 0 atom stereocenters. The molecule has 0 saturated heterocycles. The van der Waals surface area contributed by atoms with Gasteiger partial charge in [0.15, 0.2) is 0 Å². The minimum atomic E-state index is -6.62. The molecule has 1 heterocycles. The molecule has 0 spiro atoms. The fourth-order valence-electron chi connectivity index (χ4n) is 2.74. The normalized spacial score (nSPS) is 13.1. The molecule has 2 amide bonds. The minimum Gasteiger partial charge on any atom is -0.321 e. The zero-order chi connectivity index (χ0) is 25.3. The van der Waals surface area contributed by atoms with Gasteiger partial charge in [-0.25, -0.2) is 5.43 Å². The molecule has 0 bridgehead atoms. The summed E-state index contributed by atoms with van der Waals surface area (Å²) in [4.78, 5) is 23.8. The molecule has 5 nitrogen and oxygen atoms in total. The highest BCUT2D eigenvalue weighted by Crippen LogP contribution is 2.46. The summed E-state index contributed by atoms with van der Waals surface area (Å²) in [5, 5.41) is 7.68. The van der Waals surface area contributed by atoms with Gasteiger partial charge in [0.05, 0.1) is 11.3 Å². The summed E-state index contributed by atoms with van der Waals surface area (Å²) in [5.41, 5.74) is 2.94. The Labute approximate surface area is 191 Å². The Morgan fingerprint density at radius 1 is 0.912 bits per heavy atom. The minimum absolute atomic E-state index is 0.264. The summed E-state index contributed by atoms with van der Waals surface area (Å²) in [6.07, 6.45) is -6.62. The van der Waals surface area contributed by atoms with Crippen LogP contribution in [-0.2, 0) is 4.79 Å². The fourth-order valence-corrected chi connectivity index (χ4v) is 3.68. The number of anilines is 1. The Morgan fingerprint density at radius 2 is 1.53 bits per heavy atom. The maximum atomic E-state index is 13.4. The first kappa shape index (κ1) is 25.1. The number of benzene rings is 2. The van der Waals surface area contributed by atoms with Crippen LogP contribution >= 0.6 is 11.3 Å². The lowest BCUT2D eigenvalue weighted by atomic mass is 10.1. The third kappa shape index (κ3) is 4.74. The standard InChI is InChI=1S/C21H14F7N3O2S/c1-11(30-31-17(32)15-10-34-16-5-3-2-4-14(15)16)12-6-8-13(9-7-12)29-18(33)19(22,23)20(24,25)21(26,27)28/h2-10H,1H3,(H,29,33)(H,31,32)/b30-11-. The molecule has 0 aliphatic rings. The highest BCUT2D eigenvalue weighted by Gasteiger charge is 2.76. The highest BCUT2D eigenvalue weighted by molar-refractivity contribution is 7.17. The van der Waals surface area contributed by atoms with E-state index in [9.17, 15) is 40.3 Å². The largest absolute Gasteiger partial charge is 0.460 e. The van der Waals surface area contributed by atoms with Crippen LogP contribution in [0.15, 0.2) is 59.0 Å². The summed E-state index contributed by atoms with van der Waals surface area (Å²) >= 11 is 1.38. The van der Waals surface area contributed by atoms with Gasteiger partial charge in [0.1, 0.15) is 0 Å². The number of nitrogens with zero attached hydrogens (tertiary/aromatic N) is 1. The van der Waals surface area contributed by atoms with Crippen molar-refractivity contribution in [2.24, 2.45) is 5.10 Å². The number of fused-ring (bicyclic) bond motifs is 1. The molecule has 180 valence electrons. The number of halogens is 7. The number of hydrogen-bond acceptors (Lipinski definition) is 4. The highest BCUT2D eigenvalue weighted by atomic mass is 32.1. The lowest BCUT2D eigenvalue weighted by Gasteiger charge is -2.27. The average Bonchev–Trinajstić information content (AvgIpc) is 3.21. The van der Waals surface area contributed by atoms with Crippen molar-refractivity contribution in [2.75, 3.05) is 5.32 Å². The monoisotopic (exact) mass is 505 g/mol. The third-order valence-electron chi connectivity index (χ3n) is 4.65. The van der Waals surface area contributed by atoms with Gasteiger partial charge in [-0.3, -0.25) is 9.59 Å². The zero-order valence-corrected chi connectivity index (χ0v) is 17.8. The molecule has 34 heavy (non-hydrogen) atoms. The molecular weight excluding hydrogens is 491 g/mol. The van der Waals surface area contributed by atoms with Crippen LogP contribution < -0.4 is 10.7 Å². The lowest BCUT2D eigenvalue weighted by Crippen LogP contribution is -2.57. The number of amides is 2. The van der Waals surface area contributed by atoms with Crippen LogP contribution in [0.2, 0.25) is 0 Å². The second-order valence-electron chi connectivity index (χ2n) is 6.96. The van der Waals surface area contributed by atoms with Crippen molar-refractivity contribution in [1.29, 1.82) is 0 Å². The topological polar surface area (TPSA) is 70.6 Å². The number of hydrazone groups is 1. The molecule has 2 aromatic carbocycles. The number of hydrogen-bond donors (Lipinski definition) is 2.